The smallest absolute Gasteiger partial charge is 0.250 e. The van der Waals surface area contributed by atoms with Crippen LogP contribution >= 0.6 is 0 Å². The number of carbonyl (C=O) groups excluding carboxylic acids is 1. The van der Waals surface area contributed by atoms with Gasteiger partial charge in [-0.25, -0.2) is 4.68 Å². The zero-order valence-electron chi connectivity index (χ0n) is 15.2. The normalized spacial score (nSPS) is 15.6. The van der Waals surface area contributed by atoms with Crippen molar-refractivity contribution in [1.82, 2.24) is 15.1 Å². The molecule has 2 aromatic carbocycles. The maximum absolute atomic E-state index is 11.6. The van der Waals surface area contributed by atoms with Crippen LogP contribution in [0.4, 0.5) is 0 Å². The summed E-state index contributed by atoms with van der Waals surface area (Å²) in [4.78, 5) is 11.6. The zero-order chi connectivity index (χ0) is 18.9. The minimum atomic E-state index is -0.473. The van der Waals surface area contributed by atoms with Crippen LogP contribution in [0.1, 0.15) is 35.2 Å². The molecule has 1 aromatic heterocycles. The van der Waals surface area contributed by atoms with Crippen LogP contribution in [0.5, 0.6) is 0 Å². The molecule has 27 heavy (non-hydrogen) atoms. The Morgan fingerprint density at radius 2 is 2.00 bits per heavy atom. The van der Waals surface area contributed by atoms with Gasteiger partial charge in [-0.15, -0.1) is 0 Å². The van der Waals surface area contributed by atoms with Crippen molar-refractivity contribution in [3.05, 3.63) is 59.8 Å². The number of amides is 1. The summed E-state index contributed by atoms with van der Waals surface area (Å²) < 4.78 is 1.77. The van der Waals surface area contributed by atoms with Crippen LogP contribution in [0.25, 0.3) is 16.6 Å². The fraction of sp³-hybridized carbons (Fsp3) is 0.333. The molecule has 1 aliphatic carbocycles. The van der Waals surface area contributed by atoms with Crippen LogP contribution in [0.3, 0.4) is 0 Å². The molecule has 0 aliphatic heterocycles. The molecule has 6 nitrogen and oxygen atoms in total. The molecule has 1 heterocycles. The first-order valence-electron chi connectivity index (χ1n) is 9.29. The lowest BCUT2D eigenvalue weighted by molar-refractivity contribution is 0.0445. The highest BCUT2D eigenvalue weighted by Gasteiger charge is 2.35. The molecule has 0 bridgehead atoms. The van der Waals surface area contributed by atoms with Gasteiger partial charge in [-0.2, -0.15) is 5.10 Å². The lowest BCUT2D eigenvalue weighted by Crippen LogP contribution is -2.42. The Morgan fingerprint density at radius 3 is 2.63 bits per heavy atom. The molecular formula is C21H24N4O2. The van der Waals surface area contributed by atoms with Gasteiger partial charge < -0.3 is 16.2 Å². The lowest BCUT2D eigenvalue weighted by atomic mass is 9.69. The molecule has 0 spiro atoms. The number of benzene rings is 2. The van der Waals surface area contributed by atoms with Gasteiger partial charge in [-0.3, -0.25) is 4.79 Å². The molecule has 0 radical (unpaired) electrons. The van der Waals surface area contributed by atoms with Crippen molar-refractivity contribution in [3.63, 3.8) is 0 Å². The van der Waals surface area contributed by atoms with Crippen LogP contribution in [0.2, 0.25) is 0 Å². The second-order valence-corrected chi connectivity index (χ2v) is 7.46. The van der Waals surface area contributed by atoms with Crippen LogP contribution in [-0.4, -0.2) is 33.9 Å². The summed E-state index contributed by atoms with van der Waals surface area (Å²) >= 11 is 0. The van der Waals surface area contributed by atoms with E-state index in [-0.39, 0.29) is 12.0 Å². The van der Waals surface area contributed by atoms with E-state index >= 15 is 0 Å². The van der Waals surface area contributed by atoms with E-state index in [0.29, 0.717) is 11.1 Å². The highest BCUT2D eigenvalue weighted by Crippen LogP contribution is 2.39. The lowest BCUT2D eigenvalue weighted by Gasteiger charge is -2.40. The monoisotopic (exact) mass is 364 g/mol. The summed E-state index contributed by atoms with van der Waals surface area (Å²) in [5.74, 6) is -0.473. The number of hydrogen-bond donors (Lipinski definition) is 3. The Morgan fingerprint density at radius 1 is 1.22 bits per heavy atom. The van der Waals surface area contributed by atoms with Crippen molar-refractivity contribution in [2.75, 3.05) is 13.2 Å². The molecule has 3 aromatic rings. The van der Waals surface area contributed by atoms with Gasteiger partial charge in [0, 0.05) is 36.7 Å². The van der Waals surface area contributed by atoms with Gasteiger partial charge in [0.15, 0.2) is 0 Å². The van der Waals surface area contributed by atoms with E-state index in [2.05, 4.69) is 22.5 Å². The molecule has 1 saturated carbocycles. The van der Waals surface area contributed by atoms with Gasteiger partial charge >= 0.3 is 0 Å². The number of rotatable bonds is 7. The molecule has 4 N–H and O–H groups in total. The van der Waals surface area contributed by atoms with Gasteiger partial charge in [0.2, 0.25) is 0 Å². The summed E-state index contributed by atoms with van der Waals surface area (Å²) in [6, 6.07) is 13.6. The molecule has 1 aliphatic rings. The number of fused-ring (bicyclic) bond motifs is 1. The first-order valence-corrected chi connectivity index (χ1v) is 9.29. The van der Waals surface area contributed by atoms with Crippen LogP contribution < -0.4 is 11.1 Å². The van der Waals surface area contributed by atoms with E-state index < -0.39 is 5.91 Å². The van der Waals surface area contributed by atoms with E-state index in [1.807, 2.05) is 30.5 Å². The highest BCUT2D eigenvalue weighted by molar-refractivity contribution is 6.04. The Labute approximate surface area is 158 Å². The Balaban J connectivity index is 1.46. The predicted octanol–water partition coefficient (Wildman–Crippen LogP) is 2.38. The summed E-state index contributed by atoms with van der Waals surface area (Å²) in [6.45, 7) is 1.89. The van der Waals surface area contributed by atoms with Crippen LogP contribution in [0.15, 0.2) is 48.7 Å². The molecule has 140 valence electrons. The second kappa shape index (κ2) is 7.13. The summed E-state index contributed by atoms with van der Waals surface area (Å²) in [7, 11) is 0. The summed E-state index contributed by atoms with van der Waals surface area (Å²) in [5, 5.41) is 18.4. The SMILES string of the molecule is NC(=O)c1cccc2cn(-c3ccc(CNCC4(CO)CCC4)cc3)nc12. The van der Waals surface area contributed by atoms with Crippen molar-refractivity contribution >= 4 is 16.8 Å². The van der Waals surface area contributed by atoms with Gasteiger partial charge in [-0.1, -0.05) is 30.7 Å². The number of carbonyl (C=O) groups is 1. The topological polar surface area (TPSA) is 93.2 Å². The molecular weight excluding hydrogens is 340 g/mol. The third-order valence-electron chi connectivity index (χ3n) is 5.58. The third kappa shape index (κ3) is 3.46. The number of primary amides is 1. The van der Waals surface area contributed by atoms with Crippen molar-refractivity contribution in [1.29, 1.82) is 0 Å². The first-order chi connectivity index (χ1) is 13.1. The van der Waals surface area contributed by atoms with Crippen LogP contribution in [0, 0.1) is 5.41 Å². The highest BCUT2D eigenvalue weighted by atomic mass is 16.3. The quantitative estimate of drug-likeness (QED) is 0.600. The zero-order valence-corrected chi connectivity index (χ0v) is 15.2. The van der Waals surface area contributed by atoms with Gasteiger partial charge in [-0.05, 0) is 36.6 Å². The van der Waals surface area contributed by atoms with Crippen molar-refractivity contribution in [3.8, 4) is 5.69 Å². The molecule has 0 unspecified atom stereocenters. The number of aliphatic hydroxyl groups is 1. The fourth-order valence-corrected chi connectivity index (χ4v) is 3.68. The minimum absolute atomic E-state index is 0.0905. The molecule has 4 rings (SSSR count). The number of nitrogens with zero attached hydrogens (tertiary/aromatic N) is 2. The predicted molar refractivity (Wildman–Crippen MR) is 105 cm³/mol. The average Bonchev–Trinajstić information content (AvgIpc) is 3.08. The minimum Gasteiger partial charge on any atom is -0.396 e. The Bertz CT molecular complexity index is 952. The fourth-order valence-electron chi connectivity index (χ4n) is 3.68. The van der Waals surface area contributed by atoms with Crippen molar-refractivity contribution in [2.45, 2.75) is 25.8 Å². The number of aromatic nitrogens is 2. The van der Waals surface area contributed by atoms with E-state index in [0.717, 1.165) is 37.0 Å². The molecule has 0 saturated heterocycles. The van der Waals surface area contributed by atoms with E-state index in [1.165, 1.54) is 12.0 Å². The van der Waals surface area contributed by atoms with E-state index in [9.17, 15) is 9.90 Å². The standard InChI is InChI=1S/C21H24N4O2/c22-20(27)18-4-1-3-16-12-25(24-19(16)18)17-7-5-15(6-8-17)11-23-13-21(14-26)9-2-10-21/h1,3-8,12,23,26H,2,9-11,13-14H2,(H2,22,27). The van der Waals surface area contributed by atoms with Crippen molar-refractivity contribution < 1.29 is 9.90 Å². The van der Waals surface area contributed by atoms with E-state index in [1.54, 1.807) is 10.7 Å². The molecule has 0 atom stereocenters. The largest absolute Gasteiger partial charge is 0.396 e. The molecule has 1 amide bonds. The summed E-state index contributed by atoms with van der Waals surface area (Å²) in [6.07, 6.45) is 5.33. The van der Waals surface area contributed by atoms with Crippen LogP contribution in [-0.2, 0) is 6.54 Å². The number of hydrogen-bond acceptors (Lipinski definition) is 4. The molecule has 1 fully saturated rings. The number of nitrogens with one attached hydrogen (secondary N) is 1. The van der Waals surface area contributed by atoms with Gasteiger partial charge in [0.1, 0.15) is 5.52 Å². The maximum atomic E-state index is 11.6. The average molecular weight is 364 g/mol. The second-order valence-electron chi connectivity index (χ2n) is 7.46. The maximum Gasteiger partial charge on any atom is 0.250 e. The Kier molecular flexibility index (Phi) is 4.68. The summed E-state index contributed by atoms with van der Waals surface area (Å²) in [5.41, 5.74) is 8.68. The van der Waals surface area contributed by atoms with Crippen molar-refractivity contribution in [2.24, 2.45) is 11.1 Å². The Hall–Kier alpha value is -2.70. The first kappa shape index (κ1) is 17.7. The van der Waals surface area contributed by atoms with Gasteiger partial charge in [0.05, 0.1) is 11.3 Å². The third-order valence-corrected chi connectivity index (χ3v) is 5.58. The molecule has 6 heteroatoms. The number of aliphatic hydroxyl groups excluding tert-OH is 1. The number of nitrogens with two attached hydrogens (primary N) is 1. The van der Waals surface area contributed by atoms with E-state index in [4.69, 9.17) is 5.73 Å². The van der Waals surface area contributed by atoms with Gasteiger partial charge in [0.25, 0.3) is 5.91 Å².